The molecule has 5 amide bonds. The summed E-state index contributed by atoms with van der Waals surface area (Å²) in [6.07, 6.45) is 16.4. The number of hydrogen-bond donors (Lipinski definition) is 4. The largest absolute Gasteiger partial charge is 0.355 e. The lowest BCUT2D eigenvalue weighted by Gasteiger charge is -2.37. The van der Waals surface area contributed by atoms with Gasteiger partial charge in [-0.25, -0.2) is 9.97 Å². The minimum atomic E-state index is -0.640. The van der Waals surface area contributed by atoms with Crippen LogP contribution in [0.1, 0.15) is 125 Å². The average molecular weight is 797 g/mol. The number of fused-ring (bicyclic) bond motifs is 1. The average Bonchev–Trinajstić information content (AvgIpc) is 3.51. The fourth-order valence-electron chi connectivity index (χ4n) is 7.59. The molecule has 0 radical (unpaired) electrons. The fourth-order valence-corrected chi connectivity index (χ4v) is 8.37. The number of carbonyl (C=O) groups excluding carboxylic acids is 5. The summed E-state index contributed by atoms with van der Waals surface area (Å²) in [5, 5.41) is 9.16. The van der Waals surface area contributed by atoms with Gasteiger partial charge in [0.15, 0.2) is 0 Å². The number of aromatic nitrogens is 2. The van der Waals surface area contributed by atoms with Gasteiger partial charge in [-0.3, -0.25) is 29.3 Å². The number of anilines is 2. The van der Waals surface area contributed by atoms with Crippen molar-refractivity contribution in [2.24, 2.45) is 5.73 Å². The van der Waals surface area contributed by atoms with Crippen molar-refractivity contribution in [3.05, 3.63) is 71.5 Å². The second-order valence-electron chi connectivity index (χ2n) is 15.9. The highest BCUT2D eigenvalue weighted by molar-refractivity contribution is 7.99. The Balaban J connectivity index is 0.767. The highest BCUT2D eigenvalue weighted by Crippen LogP contribution is 2.30. The summed E-state index contributed by atoms with van der Waals surface area (Å²) >= 11 is 1.52. The molecule has 6 rings (SSSR count). The van der Waals surface area contributed by atoms with Crippen molar-refractivity contribution in [3.8, 4) is 0 Å². The van der Waals surface area contributed by atoms with Crippen LogP contribution in [0, 0.1) is 0 Å². The van der Waals surface area contributed by atoms with E-state index in [1.807, 2.05) is 42.6 Å². The molecule has 0 spiro atoms. The van der Waals surface area contributed by atoms with Crippen LogP contribution in [0.15, 0.2) is 64.8 Å². The van der Waals surface area contributed by atoms with Crippen molar-refractivity contribution in [3.63, 3.8) is 0 Å². The van der Waals surface area contributed by atoms with Crippen molar-refractivity contribution in [1.29, 1.82) is 0 Å². The maximum atomic E-state index is 12.9. The standard InChI is InChI=1S/C43H56N8O5S/c1-43(44)20-22-50(23-21-43)36-27-47-40(28-45-36)57-33-13-11-12-32(25-33)48-38(53)15-10-8-6-4-2-3-5-7-9-14-37(52)46-26-30-16-17-34-31(24-30)29-51(42(34)56)35-18-19-39(54)49-41(35)55/h11-13,16-17,24-25,27-28,35H,2-10,14-15,18-23,26,29,44H2,1H3,(H,46,52)(H,48,53)(H,49,54,55). The molecular weight excluding hydrogens is 741 g/mol. The Bertz CT molecular complexity index is 1890. The molecule has 1 atom stereocenters. The van der Waals surface area contributed by atoms with Crippen molar-refractivity contribution in [2.45, 2.75) is 138 Å². The monoisotopic (exact) mass is 796 g/mol. The molecule has 57 heavy (non-hydrogen) atoms. The smallest absolute Gasteiger partial charge is 0.255 e. The van der Waals surface area contributed by atoms with Gasteiger partial charge in [-0.15, -0.1) is 0 Å². The second kappa shape index (κ2) is 20.0. The van der Waals surface area contributed by atoms with Gasteiger partial charge in [0.1, 0.15) is 16.9 Å². The Morgan fingerprint density at radius 3 is 2.28 bits per heavy atom. The Morgan fingerprint density at radius 1 is 0.895 bits per heavy atom. The van der Waals surface area contributed by atoms with E-state index in [1.165, 1.54) is 16.7 Å². The molecule has 304 valence electrons. The van der Waals surface area contributed by atoms with Crippen LogP contribution in [0.4, 0.5) is 11.5 Å². The Morgan fingerprint density at radius 2 is 1.60 bits per heavy atom. The van der Waals surface area contributed by atoms with Crippen LogP contribution in [0.25, 0.3) is 0 Å². The van der Waals surface area contributed by atoms with Crippen LogP contribution in [-0.4, -0.2) is 69.1 Å². The number of imide groups is 1. The summed E-state index contributed by atoms with van der Waals surface area (Å²) in [5.41, 5.74) is 9.24. The predicted molar refractivity (Wildman–Crippen MR) is 220 cm³/mol. The molecule has 3 aliphatic rings. The van der Waals surface area contributed by atoms with E-state index in [2.05, 4.69) is 37.7 Å². The highest BCUT2D eigenvalue weighted by Gasteiger charge is 2.39. The summed E-state index contributed by atoms with van der Waals surface area (Å²) < 4.78 is 0. The van der Waals surface area contributed by atoms with E-state index < -0.39 is 11.9 Å². The molecule has 2 fully saturated rings. The van der Waals surface area contributed by atoms with Gasteiger partial charge in [-0.2, -0.15) is 0 Å². The maximum absolute atomic E-state index is 12.9. The van der Waals surface area contributed by atoms with Crippen molar-refractivity contribution in [1.82, 2.24) is 25.5 Å². The quantitative estimate of drug-likeness (QED) is 0.0800. The third-order valence-corrected chi connectivity index (χ3v) is 12.0. The van der Waals surface area contributed by atoms with E-state index in [0.717, 1.165) is 116 Å². The molecule has 1 aromatic heterocycles. The molecule has 3 aliphatic heterocycles. The summed E-state index contributed by atoms with van der Waals surface area (Å²) in [7, 11) is 0. The minimum Gasteiger partial charge on any atom is -0.355 e. The highest BCUT2D eigenvalue weighted by atomic mass is 32.2. The fraction of sp³-hybridized carbons (Fsp3) is 0.512. The van der Waals surface area contributed by atoms with Gasteiger partial charge < -0.3 is 26.2 Å². The number of amides is 5. The first-order chi connectivity index (χ1) is 27.5. The van der Waals surface area contributed by atoms with Gasteiger partial charge in [0.05, 0.1) is 12.4 Å². The Hall–Kier alpha value is -4.82. The molecule has 2 saturated heterocycles. The first-order valence-corrected chi connectivity index (χ1v) is 21.3. The molecule has 1 unspecified atom stereocenters. The third-order valence-electron chi connectivity index (χ3n) is 11.1. The van der Waals surface area contributed by atoms with E-state index in [0.29, 0.717) is 37.9 Å². The van der Waals surface area contributed by atoms with E-state index in [9.17, 15) is 24.0 Å². The van der Waals surface area contributed by atoms with Crippen molar-refractivity contribution >= 4 is 52.8 Å². The molecule has 2 aromatic carbocycles. The first kappa shape index (κ1) is 41.8. The van der Waals surface area contributed by atoms with Gasteiger partial charge in [-0.05, 0) is 74.4 Å². The number of nitrogens with two attached hydrogens (primary N) is 1. The number of benzene rings is 2. The molecule has 0 bridgehead atoms. The summed E-state index contributed by atoms with van der Waals surface area (Å²) in [4.78, 5) is 75.8. The van der Waals surface area contributed by atoms with E-state index in [4.69, 9.17) is 5.73 Å². The number of nitrogens with zero attached hydrogens (tertiary/aromatic N) is 4. The number of unbranched alkanes of at least 4 members (excludes halogenated alkanes) is 8. The van der Waals surface area contributed by atoms with Gasteiger partial charge >= 0.3 is 0 Å². The Kier molecular flexibility index (Phi) is 14.7. The number of carbonyl (C=O) groups is 5. The van der Waals surface area contributed by atoms with Gasteiger partial charge in [-0.1, -0.05) is 74.9 Å². The molecule has 4 heterocycles. The second-order valence-corrected chi connectivity index (χ2v) is 17.0. The van der Waals surface area contributed by atoms with E-state index in [-0.39, 0.29) is 35.6 Å². The molecule has 0 saturated carbocycles. The maximum Gasteiger partial charge on any atom is 0.255 e. The van der Waals surface area contributed by atoms with Crippen LogP contribution in [0.2, 0.25) is 0 Å². The van der Waals surface area contributed by atoms with E-state index >= 15 is 0 Å². The predicted octanol–water partition coefficient (Wildman–Crippen LogP) is 6.25. The molecular formula is C43H56N8O5S. The molecule has 13 nitrogen and oxygen atoms in total. The molecule has 3 aromatic rings. The molecule has 0 aliphatic carbocycles. The summed E-state index contributed by atoms with van der Waals surface area (Å²) in [6, 6.07) is 12.7. The first-order valence-electron chi connectivity index (χ1n) is 20.5. The summed E-state index contributed by atoms with van der Waals surface area (Å²) in [5.74, 6) is -0.0131. The molecule has 14 heteroatoms. The van der Waals surface area contributed by atoms with Crippen molar-refractivity contribution < 1.29 is 24.0 Å². The van der Waals surface area contributed by atoms with Crippen LogP contribution >= 0.6 is 11.8 Å². The van der Waals surface area contributed by atoms with E-state index in [1.54, 1.807) is 12.3 Å². The SMILES string of the molecule is CC1(N)CCN(c2cnc(Sc3cccc(NC(=O)CCCCCCCCCCCC(=O)NCc4ccc5c(c4)CN(C4CCC(=O)NC4=O)C5=O)c3)cn2)CC1. The summed E-state index contributed by atoms with van der Waals surface area (Å²) in [6.45, 7) is 4.57. The van der Waals surface area contributed by atoms with Crippen LogP contribution < -0.4 is 26.6 Å². The number of rotatable bonds is 19. The molecule has 5 N–H and O–H groups in total. The van der Waals surface area contributed by atoms with Gasteiger partial charge in [0.25, 0.3) is 5.91 Å². The zero-order valence-corrected chi connectivity index (χ0v) is 33.8. The lowest BCUT2D eigenvalue weighted by Crippen LogP contribution is -2.52. The van der Waals surface area contributed by atoms with Gasteiger partial charge in [0.2, 0.25) is 23.6 Å². The zero-order valence-electron chi connectivity index (χ0n) is 33.0. The number of nitrogens with one attached hydrogen (secondary N) is 3. The lowest BCUT2D eigenvalue weighted by atomic mass is 9.91. The third kappa shape index (κ3) is 12.3. The Labute approximate surface area is 339 Å². The normalized spacial score (nSPS) is 17.6. The number of piperidine rings is 2. The minimum absolute atomic E-state index is 0.0115. The number of hydrogen-bond acceptors (Lipinski definition) is 10. The van der Waals surface area contributed by atoms with Crippen LogP contribution in [-0.2, 0) is 32.3 Å². The van der Waals surface area contributed by atoms with Gasteiger partial charge in [0, 0.05) is 67.1 Å². The zero-order chi connectivity index (χ0) is 40.2. The van der Waals surface area contributed by atoms with Crippen LogP contribution in [0.5, 0.6) is 0 Å². The van der Waals surface area contributed by atoms with Crippen molar-refractivity contribution in [2.75, 3.05) is 23.3 Å². The lowest BCUT2D eigenvalue weighted by molar-refractivity contribution is -0.137. The topological polar surface area (TPSA) is 180 Å². The van der Waals surface area contributed by atoms with Crippen LogP contribution in [0.3, 0.4) is 0 Å².